The summed E-state index contributed by atoms with van der Waals surface area (Å²) in [4.78, 5) is 10.1. The number of rotatable bonds is 3. The zero-order chi connectivity index (χ0) is 14.2. The quantitative estimate of drug-likeness (QED) is 0.645. The number of aliphatic hydroxyl groups excluding tert-OH is 1. The summed E-state index contributed by atoms with van der Waals surface area (Å²) in [6.07, 6.45) is 0.873. The van der Waals surface area contributed by atoms with Crippen molar-refractivity contribution in [3.05, 3.63) is 39.4 Å². The van der Waals surface area contributed by atoms with Crippen LogP contribution >= 0.6 is 0 Å². The maximum absolute atomic E-state index is 13.8. The van der Waals surface area contributed by atoms with Crippen LogP contribution in [0.5, 0.6) is 0 Å². The minimum absolute atomic E-state index is 0.173. The Morgan fingerprint density at radius 1 is 1.53 bits per heavy atom. The van der Waals surface area contributed by atoms with Crippen molar-refractivity contribution in [3.8, 4) is 0 Å². The highest BCUT2D eigenvalue weighted by Gasteiger charge is 2.46. The number of alkyl halides is 2. The summed E-state index contributed by atoms with van der Waals surface area (Å²) in [6, 6.07) is 3.10. The maximum atomic E-state index is 13.8. The number of nitrogens with two attached hydrogens (primary N) is 1. The van der Waals surface area contributed by atoms with Crippen LogP contribution in [0.25, 0.3) is 0 Å². The van der Waals surface area contributed by atoms with Crippen LogP contribution < -0.4 is 5.73 Å². The van der Waals surface area contributed by atoms with E-state index < -0.39 is 29.4 Å². The number of non-ortho nitro benzene ring substituents is 1. The van der Waals surface area contributed by atoms with Crippen LogP contribution in [0.2, 0.25) is 0 Å². The van der Waals surface area contributed by atoms with E-state index in [1.165, 1.54) is 12.1 Å². The van der Waals surface area contributed by atoms with Gasteiger partial charge in [0.1, 0.15) is 6.61 Å². The van der Waals surface area contributed by atoms with Gasteiger partial charge in [-0.2, -0.15) is 0 Å². The largest absolute Gasteiger partial charge is 0.390 e. The zero-order valence-corrected chi connectivity index (χ0v) is 10.1. The molecule has 1 unspecified atom stereocenters. The van der Waals surface area contributed by atoms with Crippen molar-refractivity contribution in [3.63, 3.8) is 0 Å². The molecule has 0 aliphatic heterocycles. The first kappa shape index (κ1) is 13.8. The van der Waals surface area contributed by atoms with Gasteiger partial charge in [0.05, 0.1) is 10.8 Å². The molecule has 5 nitrogen and oxygen atoms in total. The van der Waals surface area contributed by atoms with Gasteiger partial charge in [-0.3, -0.25) is 10.1 Å². The van der Waals surface area contributed by atoms with Gasteiger partial charge in [0.15, 0.2) is 0 Å². The average molecular weight is 272 g/mol. The van der Waals surface area contributed by atoms with E-state index >= 15 is 0 Å². The topological polar surface area (TPSA) is 89.4 Å². The predicted molar refractivity (Wildman–Crippen MR) is 64.2 cm³/mol. The van der Waals surface area contributed by atoms with Crippen LogP contribution in [0.15, 0.2) is 18.2 Å². The lowest BCUT2D eigenvalue weighted by Gasteiger charge is -2.35. The normalized spacial score (nSPS) is 22.9. The molecule has 1 aliphatic carbocycles. The van der Waals surface area contributed by atoms with Crippen LogP contribution in [0, 0.1) is 10.1 Å². The fourth-order valence-electron chi connectivity index (χ4n) is 2.57. The number of halogens is 2. The minimum atomic E-state index is -3.39. The van der Waals surface area contributed by atoms with Crippen molar-refractivity contribution in [2.75, 3.05) is 6.61 Å². The minimum Gasteiger partial charge on any atom is -0.390 e. The summed E-state index contributed by atoms with van der Waals surface area (Å²) >= 11 is 0. The van der Waals surface area contributed by atoms with E-state index in [1.807, 2.05) is 0 Å². The highest BCUT2D eigenvalue weighted by Crippen LogP contribution is 2.42. The van der Waals surface area contributed by atoms with E-state index in [4.69, 9.17) is 10.8 Å². The molecule has 2 rings (SSSR count). The third kappa shape index (κ3) is 2.43. The van der Waals surface area contributed by atoms with Crippen molar-refractivity contribution in [1.82, 2.24) is 0 Å². The monoisotopic (exact) mass is 272 g/mol. The van der Waals surface area contributed by atoms with E-state index in [0.29, 0.717) is 18.4 Å². The van der Waals surface area contributed by atoms with Gasteiger partial charge in [0.2, 0.25) is 0 Å². The van der Waals surface area contributed by atoms with Gasteiger partial charge in [-0.15, -0.1) is 0 Å². The standard InChI is InChI=1S/C12H14F2N2O3/c13-12(14,6-17)11-9-5-8(16(18)19)3-1-7(9)2-4-10(11)15/h1,3,5,10-11,17H,2,4,6,15H2/t10-,11?/m1/s1. The third-order valence-corrected chi connectivity index (χ3v) is 3.52. The fraction of sp³-hybridized carbons (Fsp3) is 0.500. The Bertz CT molecular complexity index is 508. The molecule has 0 aromatic heterocycles. The lowest BCUT2D eigenvalue weighted by Crippen LogP contribution is -2.45. The SMILES string of the molecule is N[C@@H]1CCc2ccc([N+](=O)[O-])cc2C1C(F)(F)CO. The molecule has 0 radical (unpaired) electrons. The number of nitro benzene ring substituents is 1. The molecule has 0 fully saturated rings. The Morgan fingerprint density at radius 2 is 2.21 bits per heavy atom. The zero-order valence-electron chi connectivity index (χ0n) is 10.1. The van der Waals surface area contributed by atoms with Crippen molar-refractivity contribution >= 4 is 5.69 Å². The third-order valence-electron chi connectivity index (χ3n) is 3.52. The van der Waals surface area contributed by atoms with Gasteiger partial charge < -0.3 is 10.8 Å². The predicted octanol–water partition coefficient (Wildman–Crippen LogP) is 1.58. The molecular formula is C12H14F2N2O3. The Labute approximate surface area is 108 Å². The second-order valence-corrected chi connectivity index (χ2v) is 4.74. The van der Waals surface area contributed by atoms with Gasteiger partial charge >= 0.3 is 0 Å². The molecule has 0 amide bonds. The van der Waals surface area contributed by atoms with Gasteiger partial charge in [-0.25, -0.2) is 8.78 Å². The molecule has 0 spiro atoms. The molecule has 1 aliphatic rings. The molecule has 19 heavy (non-hydrogen) atoms. The van der Waals surface area contributed by atoms with Crippen LogP contribution in [-0.4, -0.2) is 28.6 Å². The first-order valence-electron chi connectivity index (χ1n) is 5.88. The number of benzene rings is 1. The molecule has 0 heterocycles. The van der Waals surface area contributed by atoms with E-state index in [9.17, 15) is 18.9 Å². The summed E-state index contributed by atoms with van der Waals surface area (Å²) in [6.45, 7) is -1.33. The molecule has 0 bridgehead atoms. The number of hydrogen-bond donors (Lipinski definition) is 2. The van der Waals surface area contributed by atoms with E-state index in [1.54, 1.807) is 0 Å². The Hall–Kier alpha value is -1.60. The average Bonchev–Trinajstić information content (AvgIpc) is 2.37. The van der Waals surface area contributed by atoms with Crippen LogP contribution in [-0.2, 0) is 6.42 Å². The van der Waals surface area contributed by atoms with Crippen molar-refractivity contribution in [1.29, 1.82) is 0 Å². The summed E-state index contributed by atoms with van der Waals surface area (Å²) in [5.74, 6) is -4.77. The van der Waals surface area contributed by atoms with E-state index in [2.05, 4.69) is 0 Å². The van der Waals surface area contributed by atoms with Crippen molar-refractivity contribution in [2.45, 2.75) is 30.7 Å². The Balaban J connectivity index is 2.53. The molecular weight excluding hydrogens is 258 g/mol. The van der Waals surface area contributed by atoms with Gasteiger partial charge in [-0.1, -0.05) is 6.07 Å². The first-order chi connectivity index (χ1) is 8.86. The fourth-order valence-corrected chi connectivity index (χ4v) is 2.57. The number of aliphatic hydroxyl groups is 1. The lowest BCUT2D eigenvalue weighted by atomic mass is 9.76. The molecule has 1 aromatic carbocycles. The molecule has 7 heteroatoms. The lowest BCUT2D eigenvalue weighted by molar-refractivity contribution is -0.385. The number of nitrogens with zero attached hydrogens (tertiary/aromatic N) is 1. The molecule has 104 valence electrons. The number of fused-ring (bicyclic) bond motifs is 1. The second-order valence-electron chi connectivity index (χ2n) is 4.74. The van der Waals surface area contributed by atoms with Crippen LogP contribution in [0.3, 0.4) is 0 Å². The molecule has 2 atom stereocenters. The molecule has 0 saturated carbocycles. The summed E-state index contributed by atoms with van der Waals surface area (Å²) in [7, 11) is 0. The highest BCUT2D eigenvalue weighted by atomic mass is 19.3. The Morgan fingerprint density at radius 3 is 2.79 bits per heavy atom. The van der Waals surface area contributed by atoms with Gasteiger partial charge in [0.25, 0.3) is 11.6 Å². The van der Waals surface area contributed by atoms with Crippen LogP contribution in [0.4, 0.5) is 14.5 Å². The smallest absolute Gasteiger partial charge is 0.278 e. The molecule has 0 saturated heterocycles. The first-order valence-corrected chi connectivity index (χ1v) is 5.88. The van der Waals surface area contributed by atoms with E-state index in [-0.39, 0.29) is 11.3 Å². The van der Waals surface area contributed by atoms with Crippen molar-refractivity contribution in [2.24, 2.45) is 5.73 Å². The second kappa shape index (κ2) is 4.82. The molecule has 3 N–H and O–H groups in total. The van der Waals surface area contributed by atoms with E-state index in [0.717, 1.165) is 6.07 Å². The number of hydrogen-bond acceptors (Lipinski definition) is 4. The highest BCUT2D eigenvalue weighted by molar-refractivity contribution is 5.44. The molecule has 1 aromatic rings. The number of aryl methyl sites for hydroxylation is 1. The summed E-state index contributed by atoms with van der Waals surface area (Å²) < 4.78 is 27.6. The summed E-state index contributed by atoms with van der Waals surface area (Å²) in [5.41, 5.74) is 6.28. The van der Waals surface area contributed by atoms with Gasteiger partial charge in [0, 0.05) is 18.2 Å². The van der Waals surface area contributed by atoms with Crippen molar-refractivity contribution < 1.29 is 18.8 Å². The number of nitro groups is 1. The van der Waals surface area contributed by atoms with Crippen LogP contribution in [0.1, 0.15) is 23.5 Å². The maximum Gasteiger partial charge on any atom is 0.278 e. The Kier molecular flexibility index (Phi) is 3.51. The summed E-state index contributed by atoms with van der Waals surface area (Å²) in [5, 5.41) is 19.6. The van der Waals surface area contributed by atoms with Gasteiger partial charge in [-0.05, 0) is 24.0 Å².